The van der Waals surface area contributed by atoms with Gasteiger partial charge in [-0.3, -0.25) is 14.6 Å². The van der Waals surface area contributed by atoms with Crippen molar-refractivity contribution in [3.8, 4) is 5.75 Å². The van der Waals surface area contributed by atoms with E-state index < -0.39 is 55.0 Å². The van der Waals surface area contributed by atoms with Crippen LogP contribution in [-0.4, -0.2) is 74.6 Å². The number of carbonyl (C=O) groups excluding carboxylic acids is 3. The summed E-state index contributed by atoms with van der Waals surface area (Å²) < 4.78 is 4.60. The summed E-state index contributed by atoms with van der Waals surface area (Å²) in [7, 11) is 1.06. The number of pyridine rings is 1. The Bertz CT molecular complexity index is 1340. The predicted molar refractivity (Wildman–Crippen MR) is 145 cm³/mol. The number of phenols is 1. The number of rotatable bonds is 8. The van der Waals surface area contributed by atoms with Gasteiger partial charge in [-0.1, -0.05) is 6.07 Å². The Hall–Kier alpha value is -3.86. The minimum absolute atomic E-state index is 0.0167. The van der Waals surface area contributed by atoms with Crippen molar-refractivity contribution in [3.05, 3.63) is 70.1 Å². The van der Waals surface area contributed by atoms with Gasteiger partial charge < -0.3 is 25.2 Å². The second-order valence-electron chi connectivity index (χ2n) is 10.3. The molecule has 1 aliphatic carbocycles. The van der Waals surface area contributed by atoms with Crippen molar-refractivity contribution in [3.63, 3.8) is 0 Å². The van der Waals surface area contributed by atoms with Crippen LogP contribution in [0.25, 0.3) is 11.6 Å². The molecule has 1 fully saturated rings. The third kappa shape index (κ3) is 5.42. The van der Waals surface area contributed by atoms with E-state index in [1.165, 1.54) is 0 Å². The van der Waals surface area contributed by atoms with Crippen molar-refractivity contribution >= 4 is 29.6 Å². The normalized spacial score (nSPS) is 22.0. The van der Waals surface area contributed by atoms with Gasteiger partial charge in [0.25, 0.3) is 0 Å². The molecule has 0 bridgehead atoms. The summed E-state index contributed by atoms with van der Waals surface area (Å²) in [5, 5.41) is 42.0. The third-order valence-electron chi connectivity index (χ3n) is 7.82. The molecule has 40 heavy (non-hydrogen) atoms. The molecule has 3 amide bonds. The lowest BCUT2D eigenvalue weighted by Crippen LogP contribution is -2.40. The zero-order chi connectivity index (χ0) is 29.1. The number of aliphatic hydroxyl groups is 3. The van der Waals surface area contributed by atoms with Crippen molar-refractivity contribution in [1.29, 1.82) is 0 Å². The maximum Gasteiger partial charge on any atom is 0.423 e. The van der Waals surface area contributed by atoms with Crippen LogP contribution in [0.2, 0.25) is 0 Å². The van der Waals surface area contributed by atoms with Gasteiger partial charge in [-0.15, -0.1) is 0 Å². The number of amides is 3. The number of benzene rings is 1. The van der Waals surface area contributed by atoms with Crippen LogP contribution >= 0.6 is 0 Å². The molecule has 10 heteroatoms. The number of ether oxygens (including phenoxy) is 1. The van der Waals surface area contributed by atoms with E-state index in [0.717, 1.165) is 29.4 Å². The summed E-state index contributed by atoms with van der Waals surface area (Å²) in [4.78, 5) is 43.0. The van der Waals surface area contributed by atoms with E-state index in [1.807, 2.05) is 44.2 Å². The van der Waals surface area contributed by atoms with Crippen molar-refractivity contribution < 1.29 is 39.5 Å². The van der Waals surface area contributed by atoms with Crippen LogP contribution in [-0.2, 0) is 14.3 Å². The molecule has 4 N–H and O–H groups in total. The summed E-state index contributed by atoms with van der Waals surface area (Å²) in [6.07, 6.45) is 1.86. The van der Waals surface area contributed by atoms with Gasteiger partial charge in [0, 0.05) is 12.1 Å². The smallest absolute Gasteiger partial charge is 0.423 e. The fourth-order valence-corrected chi connectivity index (χ4v) is 5.93. The first-order valence-electron chi connectivity index (χ1n) is 13.1. The predicted octanol–water partition coefficient (Wildman–Crippen LogP) is 2.75. The van der Waals surface area contributed by atoms with E-state index in [2.05, 4.69) is 9.72 Å². The zero-order valence-corrected chi connectivity index (χ0v) is 22.7. The molecular weight excluding hydrogens is 516 g/mol. The van der Waals surface area contributed by atoms with Crippen LogP contribution < -0.4 is 0 Å². The van der Waals surface area contributed by atoms with E-state index >= 15 is 0 Å². The lowest BCUT2D eigenvalue weighted by Gasteiger charge is -2.36. The number of imide groups is 3. The largest absolute Gasteiger partial charge is 0.507 e. The third-order valence-corrected chi connectivity index (χ3v) is 7.82. The fraction of sp³-hybridized carbons (Fsp3) is 0.400. The van der Waals surface area contributed by atoms with E-state index in [-0.39, 0.29) is 18.6 Å². The highest BCUT2D eigenvalue weighted by atomic mass is 16.5. The number of aromatic hydroxyl groups is 1. The maximum atomic E-state index is 13.1. The number of fused-ring (bicyclic) bond motifs is 1. The standard InChI is InChI=1S/C30H34N2O8/c1-16-10-18(11-17(2)27(16)36)12-19(23-6-4-5-9-31-23)7-8-24(35)25-20(14-33)13-21-26(22(25)15-34)29(38)32(28(21)37)30(39)40-3/h4-6,9-12,21-22,24,26,33-36H,7-8,13-15H2,1-3H3/b19-12-/t21-,22+,24-,26-/m1/s1. The first-order valence-corrected chi connectivity index (χ1v) is 13.1. The van der Waals surface area contributed by atoms with E-state index in [9.17, 15) is 34.8 Å². The van der Waals surface area contributed by atoms with Crippen molar-refractivity contribution in [2.45, 2.75) is 39.2 Å². The van der Waals surface area contributed by atoms with E-state index in [4.69, 9.17) is 0 Å². The van der Waals surface area contributed by atoms with Crippen LogP contribution in [0.1, 0.15) is 41.6 Å². The van der Waals surface area contributed by atoms with Crippen LogP contribution in [0.15, 0.2) is 47.7 Å². The number of hydrogen-bond donors (Lipinski definition) is 4. The minimum atomic E-state index is -1.15. The average molecular weight is 551 g/mol. The van der Waals surface area contributed by atoms with Crippen LogP contribution in [0.4, 0.5) is 4.79 Å². The second-order valence-corrected chi connectivity index (χ2v) is 10.3. The average Bonchev–Trinajstić information content (AvgIpc) is 3.21. The fourth-order valence-electron chi connectivity index (χ4n) is 5.93. The van der Waals surface area contributed by atoms with E-state index in [0.29, 0.717) is 28.2 Å². The molecule has 1 saturated heterocycles. The van der Waals surface area contributed by atoms with Gasteiger partial charge in [-0.2, -0.15) is 4.90 Å². The highest BCUT2D eigenvalue weighted by Gasteiger charge is 2.57. The summed E-state index contributed by atoms with van der Waals surface area (Å²) in [5.74, 6) is -4.23. The lowest BCUT2D eigenvalue weighted by molar-refractivity contribution is -0.137. The van der Waals surface area contributed by atoms with Gasteiger partial charge in [0.05, 0.1) is 44.0 Å². The Morgan fingerprint density at radius 1 is 1.18 bits per heavy atom. The number of likely N-dealkylation sites (tertiary alicyclic amines) is 1. The molecule has 4 rings (SSSR count). The SMILES string of the molecule is COC(=O)N1C(=O)[C@@H]2[C@@H](CC(CO)=C([C@H](O)CC/C(=C/c3cc(C)c(O)c(C)c3)c3ccccn3)[C@@H]2CO)C1=O. The molecule has 0 radical (unpaired) electrons. The Kier molecular flexibility index (Phi) is 8.82. The highest BCUT2D eigenvalue weighted by molar-refractivity contribution is 6.16. The maximum absolute atomic E-state index is 13.1. The molecular formula is C30H34N2O8. The monoisotopic (exact) mass is 550 g/mol. The Morgan fingerprint density at radius 3 is 2.45 bits per heavy atom. The Morgan fingerprint density at radius 2 is 1.88 bits per heavy atom. The zero-order valence-electron chi connectivity index (χ0n) is 22.7. The summed E-state index contributed by atoms with van der Waals surface area (Å²) in [6.45, 7) is 2.60. The molecule has 212 valence electrons. The second kappa shape index (κ2) is 12.1. The summed E-state index contributed by atoms with van der Waals surface area (Å²) >= 11 is 0. The molecule has 0 spiro atoms. The number of aliphatic hydroxyl groups excluding tert-OH is 3. The Balaban J connectivity index is 1.65. The number of nitrogens with zero attached hydrogens (tertiary/aromatic N) is 2. The van der Waals surface area contributed by atoms with Crippen molar-refractivity contribution in [2.24, 2.45) is 17.8 Å². The molecule has 0 unspecified atom stereocenters. The highest BCUT2D eigenvalue weighted by Crippen LogP contribution is 2.46. The Labute approximate surface area is 232 Å². The molecule has 0 saturated carbocycles. The van der Waals surface area contributed by atoms with E-state index in [1.54, 1.807) is 12.3 Å². The number of carbonyl (C=O) groups is 3. The number of aromatic nitrogens is 1. The van der Waals surface area contributed by atoms with Gasteiger partial charge in [0.2, 0.25) is 11.8 Å². The molecule has 4 atom stereocenters. The van der Waals surface area contributed by atoms with Crippen molar-refractivity contribution in [1.82, 2.24) is 9.88 Å². The summed E-state index contributed by atoms with van der Waals surface area (Å²) in [6, 6.07) is 9.21. The van der Waals surface area contributed by atoms with Gasteiger partial charge in [0.1, 0.15) is 5.75 Å². The minimum Gasteiger partial charge on any atom is -0.507 e. The van der Waals surface area contributed by atoms with Crippen molar-refractivity contribution in [2.75, 3.05) is 20.3 Å². The molecule has 2 aliphatic rings. The number of aryl methyl sites for hydroxylation is 2. The molecule has 1 aromatic carbocycles. The first-order chi connectivity index (χ1) is 19.1. The molecule has 1 aromatic heterocycles. The quantitative estimate of drug-likeness (QED) is 0.286. The summed E-state index contributed by atoms with van der Waals surface area (Å²) in [5.41, 5.74) is 4.50. The van der Waals surface area contributed by atoms with Gasteiger partial charge in [-0.25, -0.2) is 4.79 Å². The number of phenolic OH excluding ortho intramolecular Hbond substituents is 1. The van der Waals surface area contributed by atoms with Gasteiger partial charge in [-0.05, 0) is 96.9 Å². The number of hydrogen-bond acceptors (Lipinski definition) is 9. The molecule has 1 aliphatic heterocycles. The topological polar surface area (TPSA) is 157 Å². The molecule has 10 nitrogen and oxygen atoms in total. The van der Waals surface area contributed by atoms with Crippen LogP contribution in [0.3, 0.4) is 0 Å². The number of allylic oxidation sites excluding steroid dienone is 1. The first kappa shape index (κ1) is 29.1. The lowest BCUT2D eigenvalue weighted by atomic mass is 9.68. The molecule has 2 aromatic rings. The number of methoxy groups -OCH3 is 1. The van der Waals surface area contributed by atoms with Crippen LogP contribution in [0, 0.1) is 31.6 Å². The van der Waals surface area contributed by atoms with Crippen LogP contribution in [0.5, 0.6) is 5.75 Å². The van der Waals surface area contributed by atoms with Gasteiger partial charge >= 0.3 is 6.09 Å². The molecule has 2 heterocycles. The van der Waals surface area contributed by atoms with Gasteiger partial charge in [0.15, 0.2) is 0 Å².